The van der Waals surface area contributed by atoms with E-state index in [0.717, 1.165) is 12.8 Å². The molecule has 0 aliphatic heterocycles. The van der Waals surface area contributed by atoms with E-state index in [9.17, 15) is 9.59 Å². The summed E-state index contributed by atoms with van der Waals surface area (Å²) >= 11 is 4.08. The van der Waals surface area contributed by atoms with Gasteiger partial charge in [-0.15, -0.1) is 12.6 Å². The van der Waals surface area contributed by atoms with Crippen molar-refractivity contribution in [3.05, 3.63) is 0 Å². The second-order valence-corrected chi connectivity index (χ2v) is 6.39. The molecule has 0 fully saturated rings. The Balaban J connectivity index is 4.22. The van der Waals surface area contributed by atoms with E-state index in [4.69, 9.17) is 15.2 Å². The van der Waals surface area contributed by atoms with Crippen molar-refractivity contribution in [3.63, 3.8) is 0 Å². The molecule has 0 aromatic carbocycles. The Kier molecular flexibility index (Phi) is 6.86. The Morgan fingerprint density at radius 2 is 1.74 bits per heavy atom. The first-order valence-corrected chi connectivity index (χ1v) is 6.87. The molecule has 0 saturated heterocycles. The van der Waals surface area contributed by atoms with E-state index >= 15 is 0 Å². The lowest BCUT2D eigenvalue weighted by Gasteiger charge is -2.24. The molecule has 19 heavy (non-hydrogen) atoms. The monoisotopic (exact) mass is 291 g/mol. The SMILES string of the molecule is CCCC(C)(C)C(=O)OC(S)COC(=O)C(C)(C)N. The van der Waals surface area contributed by atoms with Crippen LogP contribution in [-0.2, 0) is 19.1 Å². The Morgan fingerprint density at radius 3 is 2.16 bits per heavy atom. The smallest absolute Gasteiger partial charge is 0.325 e. The zero-order chi connectivity index (χ0) is 15.3. The lowest BCUT2D eigenvalue weighted by Crippen LogP contribution is -2.43. The lowest BCUT2D eigenvalue weighted by molar-refractivity contribution is -0.162. The van der Waals surface area contributed by atoms with Gasteiger partial charge in [0.2, 0.25) is 0 Å². The molecule has 0 radical (unpaired) electrons. The van der Waals surface area contributed by atoms with Crippen molar-refractivity contribution in [2.45, 2.75) is 58.4 Å². The van der Waals surface area contributed by atoms with E-state index in [-0.39, 0.29) is 12.6 Å². The highest BCUT2D eigenvalue weighted by atomic mass is 32.1. The van der Waals surface area contributed by atoms with Crippen molar-refractivity contribution in [2.75, 3.05) is 6.61 Å². The molecule has 0 aliphatic carbocycles. The number of esters is 2. The van der Waals surface area contributed by atoms with Crippen LogP contribution < -0.4 is 5.73 Å². The van der Waals surface area contributed by atoms with Crippen LogP contribution in [0.5, 0.6) is 0 Å². The molecule has 0 aromatic rings. The van der Waals surface area contributed by atoms with Crippen molar-refractivity contribution >= 4 is 24.6 Å². The predicted molar refractivity (Wildman–Crippen MR) is 76.8 cm³/mol. The van der Waals surface area contributed by atoms with Gasteiger partial charge in [0.1, 0.15) is 12.1 Å². The van der Waals surface area contributed by atoms with Gasteiger partial charge in [0, 0.05) is 0 Å². The van der Waals surface area contributed by atoms with Crippen molar-refractivity contribution in [2.24, 2.45) is 11.1 Å². The Labute approximate surface area is 120 Å². The number of nitrogens with two attached hydrogens (primary N) is 1. The Hall–Kier alpha value is -0.750. The molecular weight excluding hydrogens is 266 g/mol. The maximum atomic E-state index is 11.9. The number of hydrogen-bond donors (Lipinski definition) is 2. The minimum Gasteiger partial charge on any atom is -0.459 e. The van der Waals surface area contributed by atoms with Gasteiger partial charge in [0.05, 0.1) is 5.41 Å². The third-order valence-corrected chi connectivity index (χ3v) is 2.81. The molecule has 0 aromatic heterocycles. The van der Waals surface area contributed by atoms with Crippen molar-refractivity contribution in [3.8, 4) is 0 Å². The largest absolute Gasteiger partial charge is 0.459 e. The molecular formula is C13H25NO4S. The fraction of sp³-hybridized carbons (Fsp3) is 0.846. The summed E-state index contributed by atoms with van der Waals surface area (Å²) in [5.41, 5.74) is 3.15. The molecule has 112 valence electrons. The van der Waals surface area contributed by atoms with E-state index in [1.54, 1.807) is 13.8 Å². The molecule has 0 bridgehead atoms. The molecule has 2 N–H and O–H groups in total. The second-order valence-electron chi connectivity index (χ2n) is 5.81. The highest BCUT2D eigenvalue weighted by Crippen LogP contribution is 2.25. The molecule has 0 aliphatic rings. The highest BCUT2D eigenvalue weighted by molar-refractivity contribution is 7.80. The average molecular weight is 291 g/mol. The summed E-state index contributed by atoms with van der Waals surface area (Å²) in [5.74, 6) is -0.909. The molecule has 5 nitrogen and oxygen atoms in total. The second kappa shape index (κ2) is 7.14. The van der Waals surface area contributed by atoms with Crippen LogP contribution in [0.3, 0.4) is 0 Å². The van der Waals surface area contributed by atoms with Crippen molar-refractivity contribution in [1.29, 1.82) is 0 Å². The molecule has 0 spiro atoms. The van der Waals surface area contributed by atoms with Gasteiger partial charge in [0.15, 0.2) is 5.44 Å². The molecule has 1 atom stereocenters. The summed E-state index contributed by atoms with van der Waals surface area (Å²) in [6, 6.07) is 0. The van der Waals surface area contributed by atoms with Gasteiger partial charge < -0.3 is 15.2 Å². The average Bonchev–Trinajstić information content (AvgIpc) is 2.24. The zero-order valence-corrected chi connectivity index (χ0v) is 13.3. The Morgan fingerprint density at radius 1 is 1.21 bits per heavy atom. The number of hydrogen-bond acceptors (Lipinski definition) is 6. The number of carbonyl (C=O) groups excluding carboxylic acids is 2. The predicted octanol–water partition coefficient (Wildman–Crippen LogP) is 1.89. The minimum absolute atomic E-state index is 0.115. The quantitative estimate of drug-likeness (QED) is 0.425. The maximum Gasteiger partial charge on any atom is 0.325 e. The van der Waals surface area contributed by atoms with Crippen LogP contribution in [0.2, 0.25) is 0 Å². The number of ether oxygens (including phenoxy) is 2. The van der Waals surface area contributed by atoms with Crippen LogP contribution in [0.4, 0.5) is 0 Å². The van der Waals surface area contributed by atoms with Crippen LogP contribution in [0, 0.1) is 5.41 Å². The molecule has 6 heteroatoms. The van der Waals surface area contributed by atoms with Gasteiger partial charge in [-0.05, 0) is 34.1 Å². The molecule has 0 amide bonds. The minimum atomic E-state index is -1.07. The van der Waals surface area contributed by atoms with E-state index in [2.05, 4.69) is 12.6 Å². The van der Waals surface area contributed by atoms with E-state index in [0.29, 0.717) is 0 Å². The molecule has 0 heterocycles. The van der Waals surface area contributed by atoms with E-state index in [1.165, 1.54) is 0 Å². The topological polar surface area (TPSA) is 78.6 Å². The summed E-state index contributed by atoms with van der Waals surface area (Å²) in [4.78, 5) is 23.3. The first kappa shape index (κ1) is 18.2. The first-order valence-electron chi connectivity index (χ1n) is 6.36. The van der Waals surface area contributed by atoms with Gasteiger partial charge in [-0.25, -0.2) is 0 Å². The summed E-state index contributed by atoms with van der Waals surface area (Å²) in [6.45, 7) is 8.59. The third-order valence-electron chi connectivity index (χ3n) is 2.55. The van der Waals surface area contributed by atoms with Crippen molar-refractivity contribution < 1.29 is 19.1 Å². The molecule has 0 rings (SSSR count). The van der Waals surface area contributed by atoms with Crippen LogP contribution in [-0.4, -0.2) is 29.5 Å². The van der Waals surface area contributed by atoms with Crippen LogP contribution in [0.25, 0.3) is 0 Å². The van der Waals surface area contributed by atoms with Crippen molar-refractivity contribution in [1.82, 2.24) is 0 Å². The zero-order valence-electron chi connectivity index (χ0n) is 12.4. The lowest BCUT2D eigenvalue weighted by atomic mass is 9.88. The third kappa shape index (κ3) is 6.82. The molecule has 1 unspecified atom stereocenters. The fourth-order valence-electron chi connectivity index (χ4n) is 1.38. The summed E-state index contributed by atoms with van der Waals surface area (Å²) < 4.78 is 10.1. The van der Waals surface area contributed by atoms with Gasteiger partial charge in [-0.2, -0.15) is 0 Å². The summed E-state index contributed by atoms with van der Waals surface area (Å²) in [5, 5.41) is 0. The Bertz CT molecular complexity index is 323. The number of thiol groups is 1. The molecule has 0 saturated carbocycles. The standard InChI is InChI=1S/C13H25NO4S/c1-6-7-12(2,3)10(15)18-9(19)8-17-11(16)13(4,5)14/h9,19H,6-8,14H2,1-5H3. The highest BCUT2D eigenvalue weighted by Gasteiger charge is 2.30. The van der Waals surface area contributed by atoms with E-state index < -0.39 is 22.4 Å². The van der Waals surface area contributed by atoms with Crippen LogP contribution in [0.1, 0.15) is 47.5 Å². The van der Waals surface area contributed by atoms with Gasteiger partial charge in [0.25, 0.3) is 0 Å². The van der Waals surface area contributed by atoms with Gasteiger partial charge in [-0.3, -0.25) is 9.59 Å². The first-order chi connectivity index (χ1) is 8.50. The van der Waals surface area contributed by atoms with E-state index in [1.807, 2.05) is 20.8 Å². The number of carbonyl (C=O) groups is 2. The fourth-order valence-corrected chi connectivity index (χ4v) is 1.55. The van der Waals surface area contributed by atoms with Gasteiger partial charge in [-0.1, -0.05) is 13.3 Å². The normalized spacial score (nSPS) is 13.8. The van der Waals surface area contributed by atoms with Crippen LogP contribution in [0.15, 0.2) is 0 Å². The summed E-state index contributed by atoms with van der Waals surface area (Å²) in [7, 11) is 0. The number of rotatable bonds is 7. The van der Waals surface area contributed by atoms with Gasteiger partial charge >= 0.3 is 11.9 Å². The van der Waals surface area contributed by atoms with Crippen LogP contribution >= 0.6 is 12.6 Å². The maximum absolute atomic E-state index is 11.9. The summed E-state index contributed by atoms with van der Waals surface area (Å²) in [6.07, 6.45) is 1.61.